The number of hydrogen-bond acceptors (Lipinski definition) is 2. The molecule has 19 heavy (non-hydrogen) atoms. The Bertz CT molecular complexity index is 652. The summed E-state index contributed by atoms with van der Waals surface area (Å²) >= 11 is 6.78. The number of ether oxygens (including phenoxy) is 1. The van der Waals surface area contributed by atoms with Crippen molar-refractivity contribution in [2.75, 3.05) is 0 Å². The number of nitrogens with zero attached hydrogens (tertiary/aromatic N) is 1. The molecule has 0 amide bonds. The lowest BCUT2D eigenvalue weighted by Crippen LogP contribution is -1.90. The Kier molecular flexibility index (Phi) is 4.56. The second-order valence-corrected chi connectivity index (χ2v) is 5.16. The lowest BCUT2D eigenvalue weighted by Gasteiger charge is -2.08. The minimum atomic E-state index is -0.556. The average Bonchev–Trinajstić information content (AvgIpc) is 2.41. The molecule has 2 aromatic carbocycles. The Balaban J connectivity index is 2.26. The summed E-state index contributed by atoms with van der Waals surface area (Å²) in [5.41, 5.74) is 1.34. The molecule has 2 nitrogen and oxygen atoms in total. The number of halogens is 3. The summed E-state index contributed by atoms with van der Waals surface area (Å²) in [6.07, 6.45) is 0. The van der Waals surface area contributed by atoms with Crippen LogP contribution >= 0.6 is 31.9 Å². The van der Waals surface area contributed by atoms with E-state index in [-0.39, 0.29) is 11.3 Å². The third-order valence-corrected chi connectivity index (χ3v) is 3.80. The maximum absolute atomic E-state index is 13.7. The van der Waals surface area contributed by atoms with E-state index in [1.54, 1.807) is 12.1 Å². The zero-order chi connectivity index (χ0) is 13.8. The largest absolute Gasteiger partial charge is 0.454 e. The highest BCUT2D eigenvalue weighted by Crippen LogP contribution is 2.29. The quantitative estimate of drug-likeness (QED) is 0.685. The summed E-state index contributed by atoms with van der Waals surface area (Å²) in [5, 5.41) is 9.39. The monoisotopic (exact) mass is 383 g/mol. The highest BCUT2D eigenvalue weighted by molar-refractivity contribution is 9.10. The highest BCUT2D eigenvalue weighted by Gasteiger charge is 2.07. The Morgan fingerprint density at radius 2 is 2.00 bits per heavy atom. The van der Waals surface area contributed by atoms with Crippen molar-refractivity contribution in [3.8, 4) is 17.6 Å². The second kappa shape index (κ2) is 6.18. The molecule has 0 aliphatic carbocycles. The van der Waals surface area contributed by atoms with Crippen LogP contribution < -0.4 is 4.74 Å². The van der Waals surface area contributed by atoms with Gasteiger partial charge < -0.3 is 4.74 Å². The summed E-state index contributed by atoms with van der Waals surface area (Å²) in [5.74, 6) is 0.0671. The summed E-state index contributed by atoms with van der Waals surface area (Å²) in [7, 11) is 0. The van der Waals surface area contributed by atoms with E-state index in [1.165, 1.54) is 12.1 Å². The number of hydrogen-bond donors (Lipinski definition) is 0. The number of alkyl halides is 1. The van der Waals surface area contributed by atoms with Crippen molar-refractivity contribution in [3.05, 3.63) is 57.8 Å². The van der Waals surface area contributed by atoms with Crippen LogP contribution in [0.4, 0.5) is 4.39 Å². The van der Waals surface area contributed by atoms with Gasteiger partial charge in [0.15, 0.2) is 11.6 Å². The first kappa shape index (κ1) is 14.0. The summed E-state index contributed by atoms with van der Waals surface area (Å²) < 4.78 is 20.0. The van der Waals surface area contributed by atoms with Crippen molar-refractivity contribution < 1.29 is 9.13 Å². The molecule has 0 aliphatic rings. The summed E-state index contributed by atoms with van der Waals surface area (Å²) in [6, 6.07) is 11.4. The molecule has 2 rings (SSSR count). The minimum absolute atomic E-state index is 0.0949. The summed E-state index contributed by atoms with van der Waals surface area (Å²) in [4.78, 5) is 0. The predicted molar refractivity (Wildman–Crippen MR) is 78.0 cm³/mol. The van der Waals surface area contributed by atoms with Crippen LogP contribution in [0.1, 0.15) is 11.1 Å². The molecule has 2 aromatic rings. The van der Waals surface area contributed by atoms with Crippen LogP contribution in [0.15, 0.2) is 40.9 Å². The average molecular weight is 385 g/mol. The fraction of sp³-hybridized carbons (Fsp3) is 0.0714. The van der Waals surface area contributed by atoms with Crippen molar-refractivity contribution in [2.24, 2.45) is 0 Å². The molecule has 96 valence electrons. The van der Waals surface area contributed by atoms with Crippen LogP contribution in [0.2, 0.25) is 0 Å². The molecule has 0 unspecified atom stereocenters. The molecule has 0 N–H and O–H groups in total. The second-order valence-electron chi connectivity index (χ2n) is 3.75. The Morgan fingerprint density at radius 3 is 2.58 bits per heavy atom. The van der Waals surface area contributed by atoms with E-state index < -0.39 is 5.82 Å². The van der Waals surface area contributed by atoms with Crippen molar-refractivity contribution in [2.45, 2.75) is 5.33 Å². The molecule has 0 fully saturated rings. The topological polar surface area (TPSA) is 33.0 Å². The van der Waals surface area contributed by atoms with Gasteiger partial charge in [-0.05, 0) is 35.9 Å². The van der Waals surface area contributed by atoms with E-state index in [0.717, 1.165) is 21.4 Å². The fourth-order valence-corrected chi connectivity index (χ4v) is 2.84. The van der Waals surface area contributed by atoms with E-state index in [4.69, 9.17) is 10.00 Å². The molecule has 0 atom stereocenters. The lowest BCUT2D eigenvalue weighted by molar-refractivity contribution is 0.442. The standard InChI is InChI=1S/C14H8Br2FNO/c15-7-10-2-3-11(6-12(10)16)19-14-4-1-9(8-18)5-13(14)17/h1-6H,7H2. The van der Waals surface area contributed by atoms with Crippen LogP contribution in [-0.4, -0.2) is 0 Å². The number of benzene rings is 2. The van der Waals surface area contributed by atoms with E-state index in [1.807, 2.05) is 12.1 Å². The minimum Gasteiger partial charge on any atom is -0.454 e. The van der Waals surface area contributed by atoms with E-state index in [0.29, 0.717) is 5.75 Å². The maximum Gasteiger partial charge on any atom is 0.167 e. The SMILES string of the molecule is N#Cc1ccc(Oc2ccc(CBr)c(Br)c2)c(F)c1. The molecular weight excluding hydrogens is 377 g/mol. The van der Waals surface area contributed by atoms with Gasteiger partial charge >= 0.3 is 0 Å². The smallest absolute Gasteiger partial charge is 0.167 e. The van der Waals surface area contributed by atoms with Crippen molar-refractivity contribution in [3.63, 3.8) is 0 Å². The molecule has 0 bridgehead atoms. The number of rotatable bonds is 3. The third kappa shape index (κ3) is 3.34. The van der Waals surface area contributed by atoms with Crippen molar-refractivity contribution >= 4 is 31.9 Å². The predicted octanol–water partition coefficient (Wildman–Crippen LogP) is 5.15. The van der Waals surface area contributed by atoms with E-state index >= 15 is 0 Å². The molecule has 0 saturated carbocycles. The van der Waals surface area contributed by atoms with Crippen molar-refractivity contribution in [1.82, 2.24) is 0 Å². The number of nitriles is 1. The van der Waals surface area contributed by atoms with Crippen LogP contribution in [0.3, 0.4) is 0 Å². The van der Waals surface area contributed by atoms with Gasteiger partial charge in [-0.3, -0.25) is 0 Å². The summed E-state index contributed by atoms with van der Waals surface area (Å²) in [6.45, 7) is 0. The van der Waals surface area contributed by atoms with Gasteiger partial charge in [-0.15, -0.1) is 0 Å². The van der Waals surface area contributed by atoms with Gasteiger partial charge in [0, 0.05) is 9.80 Å². The van der Waals surface area contributed by atoms with Crippen LogP contribution in [0.25, 0.3) is 0 Å². The van der Waals surface area contributed by atoms with Gasteiger partial charge in [0.25, 0.3) is 0 Å². The first-order valence-corrected chi connectivity index (χ1v) is 7.27. The molecule has 0 saturated heterocycles. The molecule has 0 heterocycles. The van der Waals surface area contributed by atoms with Gasteiger partial charge in [-0.2, -0.15) is 5.26 Å². The van der Waals surface area contributed by atoms with Gasteiger partial charge in [0.2, 0.25) is 0 Å². The third-order valence-electron chi connectivity index (χ3n) is 2.46. The molecule has 0 aromatic heterocycles. The Labute approximate surface area is 127 Å². The first-order chi connectivity index (χ1) is 9.13. The van der Waals surface area contributed by atoms with E-state index in [9.17, 15) is 4.39 Å². The highest BCUT2D eigenvalue weighted by atomic mass is 79.9. The molecule has 0 spiro atoms. The zero-order valence-electron chi connectivity index (χ0n) is 9.66. The van der Waals surface area contributed by atoms with Crippen LogP contribution in [0.5, 0.6) is 11.5 Å². The Morgan fingerprint density at radius 1 is 1.21 bits per heavy atom. The Hall–Kier alpha value is -1.38. The van der Waals surface area contributed by atoms with Crippen LogP contribution in [-0.2, 0) is 5.33 Å². The van der Waals surface area contributed by atoms with Gasteiger partial charge in [-0.25, -0.2) is 4.39 Å². The normalized spacial score (nSPS) is 10.0. The lowest BCUT2D eigenvalue weighted by atomic mass is 10.2. The van der Waals surface area contributed by atoms with Gasteiger partial charge in [-0.1, -0.05) is 37.9 Å². The maximum atomic E-state index is 13.7. The van der Waals surface area contributed by atoms with E-state index in [2.05, 4.69) is 31.9 Å². The zero-order valence-corrected chi connectivity index (χ0v) is 12.8. The molecular formula is C14H8Br2FNO. The van der Waals surface area contributed by atoms with Crippen molar-refractivity contribution in [1.29, 1.82) is 5.26 Å². The molecule has 0 radical (unpaired) electrons. The van der Waals surface area contributed by atoms with Crippen LogP contribution in [0, 0.1) is 17.1 Å². The van der Waals surface area contributed by atoms with Gasteiger partial charge in [0.1, 0.15) is 5.75 Å². The first-order valence-electron chi connectivity index (χ1n) is 5.36. The fourth-order valence-electron chi connectivity index (χ4n) is 1.48. The molecule has 5 heteroatoms. The van der Waals surface area contributed by atoms with Gasteiger partial charge in [0.05, 0.1) is 11.6 Å². The molecule has 0 aliphatic heterocycles.